The summed E-state index contributed by atoms with van der Waals surface area (Å²) in [4.78, 5) is 2.30. The first kappa shape index (κ1) is 14.1. The van der Waals surface area contributed by atoms with E-state index < -0.39 is 0 Å². The van der Waals surface area contributed by atoms with Gasteiger partial charge in [0.05, 0.1) is 12.6 Å². The van der Waals surface area contributed by atoms with Crippen LogP contribution >= 0.6 is 0 Å². The van der Waals surface area contributed by atoms with Crippen LogP contribution in [0.4, 0.5) is 5.69 Å². The summed E-state index contributed by atoms with van der Waals surface area (Å²) >= 11 is 0. The maximum absolute atomic E-state index is 9.58. The molecule has 0 saturated heterocycles. The van der Waals surface area contributed by atoms with Crippen LogP contribution in [0.5, 0.6) is 0 Å². The fraction of sp³-hybridized carbons (Fsp3) is 0.333. The average molecular weight is 282 g/mol. The number of aliphatic hydroxyl groups excluding tert-OH is 1. The van der Waals surface area contributed by atoms with E-state index in [4.69, 9.17) is 0 Å². The smallest absolute Gasteiger partial charge is 0.0626 e. The van der Waals surface area contributed by atoms with E-state index in [2.05, 4.69) is 35.5 Å². The van der Waals surface area contributed by atoms with Crippen LogP contribution < -0.4 is 10.2 Å². The molecule has 2 aromatic rings. The van der Waals surface area contributed by atoms with Gasteiger partial charge in [-0.05, 0) is 29.2 Å². The van der Waals surface area contributed by atoms with Gasteiger partial charge in [-0.3, -0.25) is 0 Å². The molecule has 0 aromatic heterocycles. The molecule has 2 aromatic carbocycles. The third-order valence-electron chi connectivity index (χ3n) is 4.21. The van der Waals surface area contributed by atoms with Gasteiger partial charge >= 0.3 is 0 Å². The molecule has 0 fully saturated rings. The van der Waals surface area contributed by atoms with Gasteiger partial charge in [-0.25, -0.2) is 0 Å². The number of nitrogens with zero attached hydrogens (tertiary/aromatic N) is 1. The number of benzene rings is 2. The predicted molar refractivity (Wildman–Crippen MR) is 86.5 cm³/mol. The van der Waals surface area contributed by atoms with Crippen molar-refractivity contribution in [1.29, 1.82) is 0 Å². The van der Waals surface area contributed by atoms with Crippen LogP contribution in [-0.4, -0.2) is 25.3 Å². The molecule has 3 heteroatoms. The lowest BCUT2D eigenvalue weighted by Crippen LogP contribution is -2.24. The van der Waals surface area contributed by atoms with Gasteiger partial charge < -0.3 is 15.3 Å². The molecule has 0 unspecified atom stereocenters. The molecular formula is C18H22N2O. The Morgan fingerprint density at radius 3 is 2.76 bits per heavy atom. The van der Waals surface area contributed by atoms with E-state index in [9.17, 15) is 5.11 Å². The van der Waals surface area contributed by atoms with Gasteiger partial charge in [0.1, 0.15) is 0 Å². The molecular weight excluding hydrogens is 260 g/mol. The van der Waals surface area contributed by atoms with Crippen molar-refractivity contribution in [3.05, 3.63) is 65.2 Å². The van der Waals surface area contributed by atoms with E-state index >= 15 is 0 Å². The number of fused-ring (bicyclic) bond motifs is 1. The van der Waals surface area contributed by atoms with Gasteiger partial charge in [-0.2, -0.15) is 0 Å². The summed E-state index contributed by atoms with van der Waals surface area (Å²) in [5.41, 5.74) is 5.18. The Labute approximate surface area is 126 Å². The SMILES string of the molecule is CN1CCc2cc(CN[C@H](CO)c3ccccc3)ccc21. The first-order chi connectivity index (χ1) is 10.3. The monoisotopic (exact) mass is 282 g/mol. The van der Waals surface area contributed by atoms with Gasteiger partial charge in [-0.1, -0.05) is 42.5 Å². The maximum Gasteiger partial charge on any atom is 0.0626 e. The first-order valence-electron chi connectivity index (χ1n) is 7.50. The number of aliphatic hydroxyl groups is 1. The van der Waals surface area contributed by atoms with Crippen molar-refractivity contribution in [2.45, 2.75) is 19.0 Å². The minimum atomic E-state index is -0.0119. The number of hydrogen-bond donors (Lipinski definition) is 2. The fourth-order valence-electron chi connectivity index (χ4n) is 2.94. The Hall–Kier alpha value is -1.84. The predicted octanol–water partition coefficient (Wildman–Crippen LogP) is 2.50. The molecule has 0 radical (unpaired) electrons. The van der Waals surface area contributed by atoms with Gasteiger partial charge in [0.25, 0.3) is 0 Å². The summed E-state index contributed by atoms with van der Waals surface area (Å²) in [6.45, 7) is 1.99. The zero-order chi connectivity index (χ0) is 14.7. The quantitative estimate of drug-likeness (QED) is 0.884. The lowest BCUT2D eigenvalue weighted by Gasteiger charge is -2.17. The van der Waals surface area contributed by atoms with E-state index in [1.54, 1.807) is 0 Å². The van der Waals surface area contributed by atoms with Crippen molar-refractivity contribution in [2.75, 3.05) is 25.1 Å². The normalized spacial score (nSPS) is 15.0. The van der Waals surface area contributed by atoms with Crippen LogP contribution in [0.1, 0.15) is 22.7 Å². The molecule has 1 atom stereocenters. The minimum absolute atomic E-state index is 0.0119. The molecule has 0 amide bonds. The van der Waals surface area contributed by atoms with Gasteiger partial charge in [0.2, 0.25) is 0 Å². The molecule has 0 bridgehead atoms. The Morgan fingerprint density at radius 1 is 1.19 bits per heavy atom. The summed E-state index contributed by atoms with van der Waals surface area (Å²) in [5.74, 6) is 0. The molecule has 3 nitrogen and oxygen atoms in total. The highest BCUT2D eigenvalue weighted by molar-refractivity contribution is 5.58. The number of likely N-dealkylation sites (N-methyl/N-ethyl adjacent to an activating group) is 1. The molecule has 1 aliphatic heterocycles. The minimum Gasteiger partial charge on any atom is -0.394 e. The largest absolute Gasteiger partial charge is 0.394 e. The Balaban J connectivity index is 1.67. The van der Waals surface area contributed by atoms with Crippen LogP contribution in [-0.2, 0) is 13.0 Å². The van der Waals surface area contributed by atoms with Gasteiger partial charge in [-0.15, -0.1) is 0 Å². The van der Waals surface area contributed by atoms with Crippen LogP contribution in [0, 0.1) is 0 Å². The number of hydrogen-bond acceptors (Lipinski definition) is 3. The summed E-state index contributed by atoms with van der Waals surface area (Å²) in [6, 6.07) is 16.7. The molecule has 1 heterocycles. The highest BCUT2D eigenvalue weighted by atomic mass is 16.3. The second-order valence-corrected chi connectivity index (χ2v) is 5.66. The molecule has 1 aliphatic rings. The lowest BCUT2D eigenvalue weighted by atomic mass is 10.1. The highest BCUT2D eigenvalue weighted by Crippen LogP contribution is 2.27. The zero-order valence-corrected chi connectivity index (χ0v) is 12.4. The summed E-state index contributed by atoms with van der Waals surface area (Å²) in [6.07, 6.45) is 1.13. The third-order valence-corrected chi connectivity index (χ3v) is 4.21. The standard InChI is InChI=1S/C18H22N2O/c1-20-10-9-16-11-14(7-8-18(16)20)12-19-17(13-21)15-5-3-2-4-6-15/h2-8,11,17,19,21H,9-10,12-13H2,1H3/t17-/m1/s1. The number of nitrogens with one attached hydrogen (secondary N) is 1. The van der Waals surface area contributed by atoms with E-state index in [0.717, 1.165) is 25.1 Å². The first-order valence-corrected chi connectivity index (χ1v) is 7.50. The summed E-state index contributed by atoms with van der Waals surface area (Å²) < 4.78 is 0. The molecule has 3 rings (SSSR count). The fourth-order valence-corrected chi connectivity index (χ4v) is 2.94. The number of anilines is 1. The van der Waals surface area contributed by atoms with Crippen molar-refractivity contribution in [3.8, 4) is 0 Å². The Morgan fingerprint density at radius 2 is 2.00 bits per heavy atom. The molecule has 21 heavy (non-hydrogen) atoms. The average Bonchev–Trinajstić information content (AvgIpc) is 2.90. The van der Waals surface area contributed by atoms with Crippen LogP contribution in [0.3, 0.4) is 0 Å². The van der Waals surface area contributed by atoms with Gasteiger partial charge in [0, 0.05) is 25.8 Å². The van der Waals surface area contributed by atoms with E-state index in [0.29, 0.717) is 0 Å². The molecule has 110 valence electrons. The second kappa shape index (κ2) is 6.29. The summed E-state index contributed by atoms with van der Waals surface area (Å²) in [5, 5.41) is 13.0. The van der Waals surface area contributed by atoms with Gasteiger partial charge in [0.15, 0.2) is 0 Å². The van der Waals surface area contributed by atoms with Crippen molar-refractivity contribution in [1.82, 2.24) is 5.32 Å². The summed E-state index contributed by atoms with van der Waals surface area (Å²) in [7, 11) is 2.14. The molecule has 0 saturated carbocycles. The maximum atomic E-state index is 9.58. The zero-order valence-electron chi connectivity index (χ0n) is 12.4. The molecule has 2 N–H and O–H groups in total. The van der Waals surface area contributed by atoms with Crippen LogP contribution in [0.25, 0.3) is 0 Å². The van der Waals surface area contributed by atoms with Crippen LogP contribution in [0.15, 0.2) is 48.5 Å². The lowest BCUT2D eigenvalue weighted by molar-refractivity contribution is 0.243. The topological polar surface area (TPSA) is 35.5 Å². The van der Waals surface area contributed by atoms with E-state index in [1.165, 1.54) is 16.8 Å². The highest BCUT2D eigenvalue weighted by Gasteiger charge is 2.16. The van der Waals surface area contributed by atoms with E-state index in [-0.39, 0.29) is 12.6 Å². The third kappa shape index (κ3) is 3.09. The Kier molecular flexibility index (Phi) is 4.23. The van der Waals surface area contributed by atoms with Crippen molar-refractivity contribution in [2.24, 2.45) is 0 Å². The second-order valence-electron chi connectivity index (χ2n) is 5.66. The molecule has 0 aliphatic carbocycles. The molecule has 0 spiro atoms. The number of rotatable bonds is 5. The van der Waals surface area contributed by atoms with Crippen molar-refractivity contribution >= 4 is 5.69 Å². The van der Waals surface area contributed by atoms with Crippen molar-refractivity contribution in [3.63, 3.8) is 0 Å². The van der Waals surface area contributed by atoms with Crippen LogP contribution in [0.2, 0.25) is 0 Å². The van der Waals surface area contributed by atoms with E-state index in [1.807, 2.05) is 30.3 Å². The Bertz CT molecular complexity index is 597. The van der Waals surface area contributed by atoms with Crippen molar-refractivity contribution < 1.29 is 5.11 Å².